The van der Waals surface area contributed by atoms with Gasteiger partial charge in [0.15, 0.2) is 0 Å². The van der Waals surface area contributed by atoms with E-state index in [2.05, 4.69) is 21.2 Å². The molecule has 0 aliphatic carbocycles. The average Bonchev–Trinajstić information content (AvgIpc) is 2.84. The highest BCUT2D eigenvalue weighted by Crippen LogP contribution is 2.25. The summed E-state index contributed by atoms with van der Waals surface area (Å²) in [6, 6.07) is 11.6. The lowest BCUT2D eigenvalue weighted by atomic mass is 10.1. The third-order valence-electron chi connectivity index (χ3n) is 5.84. The Hall–Kier alpha value is -2.59. The smallest absolute Gasteiger partial charge is 0.244 e. The number of aryl methyl sites for hydroxylation is 1. The molecule has 2 aromatic carbocycles. The van der Waals surface area contributed by atoms with Gasteiger partial charge in [0.2, 0.25) is 21.8 Å². The monoisotopic (exact) mass is 581 g/mol. The molecule has 0 saturated carbocycles. The summed E-state index contributed by atoms with van der Waals surface area (Å²) in [6.07, 6.45) is 3.22. The summed E-state index contributed by atoms with van der Waals surface area (Å²) in [5, 5.41) is 2.91. The maximum Gasteiger partial charge on any atom is 0.244 e. The fourth-order valence-corrected chi connectivity index (χ4v) is 4.84. The lowest BCUT2D eigenvalue weighted by Gasteiger charge is -2.33. The molecule has 0 radical (unpaired) electrons. The van der Waals surface area contributed by atoms with Crippen LogP contribution in [-0.4, -0.2) is 57.6 Å². The molecule has 0 unspecified atom stereocenters. The Morgan fingerprint density at radius 3 is 2.31 bits per heavy atom. The first-order chi connectivity index (χ1) is 17.0. The molecule has 0 aromatic heterocycles. The van der Waals surface area contributed by atoms with Crippen molar-refractivity contribution in [1.29, 1.82) is 0 Å². The number of unbranched alkanes of at least 4 members (excludes halogenated alkanes) is 1. The van der Waals surface area contributed by atoms with Crippen LogP contribution in [0, 0.1) is 6.92 Å². The van der Waals surface area contributed by atoms with Crippen LogP contribution in [0.3, 0.4) is 0 Å². The van der Waals surface area contributed by atoms with Gasteiger partial charge in [-0.05, 0) is 61.2 Å². The van der Waals surface area contributed by atoms with Crippen molar-refractivity contribution in [2.24, 2.45) is 0 Å². The minimum atomic E-state index is -3.77. The fourth-order valence-electron chi connectivity index (χ4n) is 3.75. The molecule has 8 nitrogen and oxygen atoms in total. The van der Waals surface area contributed by atoms with E-state index < -0.39 is 28.5 Å². The van der Waals surface area contributed by atoms with Crippen molar-refractivity contribution in [2.75, 3.05) is 30.8 Å². The molecule has 0 saturated heterocycles. The first kappa shape index (κ1) is 29.6. The molecule has 36 heavy (non-hydrogen) atoms. The number of nitrogens with one attached hydrogen (secondary N) is 1. The number of benzene rings is 2. The van der Waals surface area contributed by atoms with Crippen molar-refractivity contribution in [2.45, 2.75) is 52.6 Å². The lowest BCUT2D eigenvalue weighted by Crippen LogP contribution is -2.52. The molecule has 0 aliphatic rings. The standard InChI is InChI=1S/C26H36BrN3O5S/c1-6-8-15-28-26(32)24(7-2)29(17-20-9-12-22(35-4)13-10-20)25(31)18-30(36(5,33)34)21-11-14-23(27)19(3)16-21/h9-14,16,24H,6-8,15,17-18H2,1-5H3,(H,28,32)/t24-/m0/s1. The number of sulfonamides is 1. The summed E-state index contributed by atoms with van der Waals surface area (Å²) in [6.45, 7) is 5.97. The number of hydrogen-bond acceptors (Lipinski definition) is 5. The van der Waals surface area contributed by atoms with E-state index in [9.17, 15) is 18.0 Å². The van der Waals surface area contributed by atoms with Gasteiger partial charge in [0.25, 0.3) is 0 Å². The van der Waals surface area contributed by atoms with Gasteiger partial charge < -0.3 is 15.0 Å². The number of carbonyl (C=O) groups excluding carboxylic acids is 2. The van der Waals surface area contributed by atoms with E-state index in [4.69, 9.17) is 4.74 Å². The molecular weight excluding hydrogens is 546 g/mol. The molecule has 0 aliphatic heterocycles. The second kappa shape index (κ2) is 13.6. The number of halogens is 1. The van der Waals surface area contributed by atoms with Gasteiger partial charge in [-0.25, -0.2) is 8.42 Å². The number of rotatable bonds is 13. The summed E-state index contributed by atoms with van der Waals surface area (Å²) >= 11 is 3.42. The molecule has 2 aromatic rings. The van der Waals surface area contributed by atoms with E-state index in [1.807, 2.05) is 32.9 Å². The van der Waals surface area contributed by atoms with Gasteiger partial charge in [0.1, 0.15) is 18.3 Å². The Balaban J connectivity index is 2.42. The number of amides is 2. The van der Waals surface area contributed by atoms with Crippen molar-refractivity contribution in [3.8, 4) is 5.75 Å². The molecule has 0 bridgehead atoms. The minimum Gasteiger partial charge on any atom is -0.497 e. The second-order valence-electron chi connectivity index (χ2n) is 8.64. The van der Waals surface area contributed by atoms with E-state index in [0.29, 0.717) is 24.4 Å². The minimum absolute atomic E-state index is 0.152. The Labute approximate surface area is 223 Å². The van der Waals surface area contributed by atoms with Gasteiger partial charge >= 0.3 is 0 Å². The summed E-state index contributed by atoms with van der Waals surface area (Å²) in [7, 11) is -2.20. The highest BCUT2D eigenvalue weighted by molar-refractivity contribution is 9.10. The molecule has 2 amide bonds. The Bertz CT molecular complexity index is 1140. The molecule has 198 valence electrons. The third-order valence-corrected chi connectivity index (χ3v) is 7.87. The molecule has 0 heterocycles. The van der Waals surface area contributed by atoms with Gasteiger partial charge in [-0.1, -0.05) is 48.3 Å². The lowest BCUT2D eigenvalue weighted by molar-refractivity contribution is -0.140. The molecule has 0 fully saturated rings. The van der Waals surface area contributed by atoms with Crippen LogP contribution in [0.1, 0.15) is 44.2 Å². The van der Waals surface area contributed by atoms with Crippen LogP contribution in [0.4, 0.5) is 5.69 Å². The number of methoxy groups -OCH3 is 1. The number of anilines is 1. The zero-order chi connectivity index (χ0) is 26.9. The largest absolute Gasteiger partial charge is 0.497 e. The SMILES string of the molecule is CCCCNC(=O)[C@H](CC)N(Cc1ccc(OC)cc1)C(=O)CN(c1ccc(Br)c(C)c1)S(C)(=O)=O. The topological polar surface area (TPSA) is 96.0 Å². The van der Waals surface area contributed by atoms with E-state index in [1.165, 1.54) is 4.90 Å². The fraction of sp³-hybridized carbons (Fsp3) is 0.462. The van der Waals surface area contributed by atoms with Crippen LogP contribution < -0.4 is 14.4 Å². The van der Waals surface area contributed by atoms with E-state index >= 15 is 0 Å². The quantitative estimate of drug-likeness (QED) is 0.357. The molecule has 0 spiro atoms. The van der Waals surface area contributed by atoms with Gasteiger partial charge in [0.05, 0.1) is 19.1 Å². The van der Waals surface area contributed by atoms with Crippen LogP contribution in [-0.2, 0) is 26.2 Å². The predicted octanol–water partition coefficient (Wildman–Crippen LogP) is 4.26. The Morgan fingerprint density at radius 1 is 1.11 bits per heavy atom. The molecule has 10 heteroatoms. The maximum absolute atomic E-state index is 13.7. The highest BCUT2D eigenvalue weighted by Gasteiger charge is 2.31. The first-order valence-corrected chi connectivity index (χ1v) is 14.6. The molecule has 2 rings (SSSR count). The predicted molar refractivity (Wildman–Crippen MR) is 147 cm³/mol. The molecular formula is C26H36BrN3O5S. The Kier molecular flexibility index (Phi) is 11.2. The third kappa shape index (κ3) is 8.23. The zero-order valence-electron chi connectivity index (χ0n) is 21.6. The van der Waals surface area contributed by atoms with Crippen molar-refractivity contribution in [1.82, 2.24) is 10.2 Å². The normalized spacial score (nSPS) is 12.1. The van der Waals surface area contributed by atoms with Crippen LogP contribution in [0.5, 0.6) is 5.75 Å². The summed E-state index contributed by atoms with van der Waals surface area (Å²) in [4.78, 5) is 28.2. The van der Waals surface area contributed by atoms with Crippen LogP contribution in [0.15, 0.2) is 46.9 Å². The van der Waals surface area contributed by atoms with E-state index in [-0.39, 0.29) is 12.5 Å². The second-order valence-corrected chi connectivity index (χ2v) is 11.4. The number of hydrogen-bond donors (Lipinski definition) is 1. The van der Waals surface area contributed by atoms with Gasteiger partial charge in [-0.2, -0.15) is 0 Å². The van der Waals surface area contributed by atoms with Crippen LogP contribution >= 0.6 is 15.9 Å². The molecule has 1 N–H and O–H groups in total. The number of carbonyl (C=O) groups is 2. The average molecular weight is 583 g/mol. The van der Waals surface area contributed by atoms with Crippen molar-refractivity contribution in [3.63, 3.8) is 0 Å². The van der Waals surface area contributed by atoms with E-state index in [1.54, 1.807) is 37.4 Å². The van der Waals surface area contributed by atoms with Crippen LogP contribution in [0.25, 0.3) is 0 Å². The van der Waals surface area contributed by atoms with E-state index in [0.717, 1.165) is 39.0 Å². The summed E-state index contributed by atoms with van der Waals surface area (Å²) in [5.74, 6) is -0.0395. The van der Waals surface area contributed by atoms with Gasteiger partial charge in [-0.3, -0.25) is 13.9 Å². The van der Waals surface area contributed by atoms with Crippen molar-refractivity contribution >= 4 is 43.5 Å². The van der Waals surface area contributed by atoms with Crippen molar-refractivity contribution in [3.05, 3.63) is 58.1 Å². The zero-order valence-corrected chi connectivity index (χ0v) is 24.0. The summed E-state index contributed by atoms with van der Waals surface area (Å²) < 4.78 is 32.6. The van der Waals surface area contributed by atoms with Crippen LogP contribution in [0.2, 0.25) is 0 Å². The van der Waals surface area contributed by atoms with Gasteiger partial charge in [0, 0.05) is 17.6 Å². The maximum atomic E-state index is 13.7. The highest BCUT2D eigenvalue weighted by atomic mass is 79.9. The van der Waals surface area contributed by atoms with Gasteiger partial charge in [-0.15, -0.1) is 0 Å². The first-order valence-electron chi connectivity index (χ1n) is 12.0. The summed E-state index contributed by atoms with van der Waals surface area (Å²) in [5.41, 5.74) is 2.02. The number of nitrogens with zero attached hydrogens (tertiary/aromatic N) is 2. The Morgan fingerprint density at radius 2 is 1.78 bits per heavy atom. The number of ether oxygens (including phenoxy) is 1. The van der Waals surface area contributed by atoms with Crippen molar-refractivity contribution < 1.29 is 22.7 Å². The molecule has 1 atom stereocenters.